The van der Waals surface area contributed by atoms with Gasteiger partial charge in [0.2, 0.25) is 5.89 Å². The molecule has 3 heteroatoms. The van der Waals surface area contributed by atoms with E-state index in [0.29, 0.717) is 11.8 Å². The fourth-order valence-electron chi connectivity index (χ4n) is 2.15. The lowest BCUT2D eigenvalue weighted by Gasteiger charge is -2.23. The molecule has 0 saturated heterocycles. The van der Waals surface area contributed by atoms with Crippen molar-refractivity contribution in [1.29, 1.82) is 0 Å². The normalized spacial score (nSPS) is 27.2. The van der Waals surface area contributed by atoms with Crippen LogP contribution in [0, 0.1) is 5.92 Å². The van der Waals surface area contributed by atoms with E-state index in [1.165, 1.54) is 25.7 Å². The monoisotopic (exact) mass is 208 g/mol. The van der Waals surface area contributed by atoms with Crippen LogP contribution in [-0.2, 0) is 0 Å². The van der Waals surface area contributed by atoms with E-state index in [4.69, 9.17) is 4.52 Å². The molecule has 1 fully saturated rings. The molecule has 0 N–H and O–H groups in total. The SMILES string of the molecule is CC(C)c1noc([C@H]2CC[C@@H](C)CC2)n1. The van der Waals surface area contributed by atoms with Gasteiger partial charge in [-0.1, -0.05) is 25.9 Å². The first-order valence-corrected chi connectivity index (χ1v) is 6.00. The van der Waals surface area contributed by atoms with E-state index in [9.17, 15) is 0 Å². The molecule has 0 radical (unpaired) electrons. The third kappa shape index (κ3) is 2.39. The van der Waals surface area contributed by atoms with E-state index < -0.39 is 0 Å². The van der Waals surface area contributed by atoms with Crippen LogP contribution in [0.25, 0.3) is 0 Å². The predicted molar refractivity (Wildman–Crippen MR) is 58.8 cm³/mol. The van der Waals surface area contributed by atoms with Gasteiger partial charge >= 0.3 is 0 Å². The maximum absolute atomic E-state index is 5.34. The van der Waals surface area contributed by atoms with Crippen molar-refractivity contribution in [1.82, 2.24) is 10.1 Å². The van der Waals surface area contributed by atoms with E-state index in [1.807, 2.05) is 0 Å². The molecule has 0 aliphatic heterocycles. The standard InChI is InChI=1S/C12H20N2O/c1-8(2)11-13-12(15-14-11)10-6-4-9(3)5-7-10/h8-10H,4-7H2,1-3H3/t9-,10+. The topological polar surface area (TPSA) is 38.9 Å². The molecule has 3 nitrogen and oxygen atoms in total. The molecule has 2 rings (SSSR count). The molecule has 0 amide bonds. The Morgan fingerprint density at radius 1 is 1.20 bits per heavy atom. The van der Waals surface area contributed by atoms with Gasteiger partial charge in [0.25, 0.3) is 0 Å². The molecule has 1 aliphatic rings. The molecule has 0 spiro atoms. The van der Waals surface area contributed by atoms with Crippen molar-refractivity contribution in [3.05, 3.63) is 11.7 Å². The van der Waals surface area contributed by atoms with Gasteiger partial charge in [-0.25, -0.2) is 0 Å². The first-order valence-electron chi connectivity index (χ1n) is 6.00. The molecular weight excluding hydrogens is 188 g/mol. The molecule has 0 atom stereocenters. The molecule has 0 unspecified atom stereocenters. The molecule has 1 saturated carbocycles. The van der Waals surface area contributed by atoms with E-state index in [0.717, 1.165) is 17.6 Å². The maximum atomic E-state index is 5.34. The van der Waals surface area contributed by atoms with Gasteiger partial charge in [-0.05, 0) is 31.6 Å². The summed E-state index contributed by atoms with van der Waals surface area (Å²) in [5.74, 6) is 3.47. The van der Waals surface area contributed by atoms with Gasteiger partial charge in [-0.15, -0.1) is 0 Å². The second-order valence-electron chi connectivity index (χ2n) is 5.10. The minimum absolute atomic E-state index is 0.366. The van der Waals surface area contributed by atoms with Crippen molar-refractivity contribution in [3.8, 4) is 0 Å². The number of nitrogens with zero attached hydrogens (tertiary/aromatic N) is 2. The molecule has 1 aliphatic carbocycles. The number of aromatic nitrogens is 2. The van der Waals surface area contributed by atoms with Crippen LogP contribution in [0.2, 0.25) is 0 Å². The third-order valence-electron chi connectivity index (χ3n) is 3.34. The van der Waals surface area contributed by atoms with Crippen LogP contribution < -0.4 is 0 Å². The Morgan fingerprint density at radius 3 is 2.40 bits per heavy atom. The van der Waals surface area contributed by atoms with Crippen LogP contribution in [-0.4, -0.2) is 10.1 Å². The number of hydrogen-bond acceptors (Lipinski definition) is 3. The number of hydrogen-bond donors (Lipinski definition) is 0. The summed E-state index contributed by atoms with van der Waals surface area (Å²) in [5, 5.41) is 4.02. The van der Waals surface area contributed by atoms with Crippen LogP contribution >= 0.6 is 0 Å². The van der Waals surface area contributed by atoms with Crippen LogP contribution in [0.15, 0.2) is 4.52 Å². The lowest BCUT2D eigenvalue weighted by Crippen LogP contribution is -2.11. The summed E-state index contributed by atoms with van der Waals surface area (Å²) >= 11 is 0. The minimum Gasteiger partial charge on any atom is -0.339 e. The quantitative estimate of drug-likeness (QED) is 0.746. The molecule has 1 aromatic heterocycles. The fourth-order valence-corrected chi connectivity index (χ4v) is 2.15. The summed E-state index contributed by atoms with van der Waals surface area (Å²) < 4.78 is 5.34. The number of rotatable bonds is 2. The highest BCUT2D eigenvalue weighted by Crippen LogP contribution is 2.34. The van der Waals surface area contributed by atoms with Gasteiger partial charge < -0.3 is 4.52 Å². The van der Waals surface area contributed by atoms with Crippen molar-refractivity contribution >= 4 is 0 Å². The van der Waals surface area contributed by atoms with Crippen LogP contribution in [0.5, 0.6) is 0 Å². The lowest BCUT2D eigenvalue weighted by atomic mass is 9.83. The van der Waals surface area contributed by atoms with Crippen LogP contribution in [0.4, 0.5) is 0 Å². The molecule has 1 heterocycles. The Morgan fingerprint density at radius 2 is 1.87 bits per heavy atom. The van der Waals surface area contributed by atoms with Crippen molar-refractivity contribution < 1.29 is 4.52 Å². The Bertz CT molecular complexity index is 311. The second kappa shape index (κ2) is 4.33. The fraction of sp³-hybridized carbons (Fsp3) is 0.833. The van der Waals surface area contributed by atoms with Crippen LogP contribution in [0.1, 0.15) is 70.0 Å². The molecule has 1 aromatic rings. The first-order chi connectivity index (χ1) is 7.16. The van der Waals surface area contributed by atoms with E-state index in [-0.39, 0.29) is 0 Å². The van der Waals surface area contributed by atoms with Crippen molar-refractivity contribution in [2.75, 3.05) is 0 Å². The Kier molecular flexibility index (Phi) is 3.08. The van der Waals surface area contributed by atoms with Crippen LogP contribution in [0.3, 0.4) is 0 Å². The predicted octanol–water partition coefficient (Wildman–Crippen LogP) is 3.49. The zero-order chi connectivity index (χ0) is 10.8. The van der Waals surface area contributed by atoms with Crippen molar-refractivity contribution in [2.24, 2.45) is 5.92 Å². The smallest absolute Gasteiger partial charge is 0.229 e. The average Bonchev–Trinajstić information content (AvgIpc) is 2.68. The van der Waals surface area contributed by atoms with E-state index >= 15 is 0 Å². The maximum Gasteiger partial charge on any atom is 0.229 e. The summed E-state index contributed by atoms with van der Waals surface area (Å²) in [6, 6.07) is 0. The first kappa shape index (κ1) is 10.7. The summed E-state index contributed by atoms with van der Waals surface area (Å²) in [7, 11) is 0. The van der Waals surface area contributed by atoms with Gasteiger partial charge in [0, 0.05) is 11.8 Å². The molecule has 0 aromatic carbocycles. The van der Waals surface area contributed by atoms with Gasteiger partial charge in [0.15, 0.2) is 5.82 Å². The highest BCUT2D eigenvalue weighted by molar-refractivity contribution is 4.98. The second-order valence-corrected chi connectivity index (χ2v) is 5.10. The highest BCUT2D eigenvalue weighted by atomic mass is 16.5. The highest BCUT2D eigenvalue weighted by Gasteiger charge is 2.24. The zero-order valence-corrected chi connectivity index (χ0v) is 9.86. The summed E-state index contributed by atoms with van der Waals surface area (Å²) in [5.41, 5.74) is 0. The van der Waals surface area contributed by atoms with Crippen molar-refractivity contribution in [2.45, 2.75) is 58.3 Å². The minimum atomic E-state index is 0.366. The van der Waals surface area contributed by atoms with Gasteiger partial charge in [-0.2, -0.15) is 4.98 Å². The molecular formula is C12H20N2O. The summed E-state index contributed by atoms with van der Waals surface area (Å²) in [6.07, 6.45) is 5.01. The summed E-state index contributed by atoms with van der Waals surface area (Å²) in [6.45, 7) is 6.51. The molecule has 84 valence electrons. The largest absolute Gasteiger partial charge is 0.339 e. The van der Waals surface area contributed by atoms with E-state index in [2.05, 4.69) is 30.9 Å². The Labute approximate surface area is 91.3 Å². The van der Waals surface area contributed by atoms with E-state index in [1.54, 1.807) is 0 Å². The molecule has 0 bridgehead atoms. The lowest BCUT2D eigenvalue weighted by molar-refractivity contribution is 0.280. The van der Waals surface area contributed by atoms with Gasteiger partial charge in [0.05, 0.1) is 0 Å². The van der Waals surface area contributed by atoms with Gasteiger partial charge in [-0.3, -0.25) is 0 Å². The van der Waals surface area contributed by atoms with Gasteiger partial charge in [0.1, 0.15) is 0 Å². The Balaban J connectivity index is 2.03. The summed E-state index contributed by atoms with van der Waals surface area (Å²) in [4.78, 5) is 4.48. The third-order valence-corrected chi connectivity index (χ3v) is 3.34. The van der Waals surface area contributed by atoms with Crippen molar-refractivity contribution in [3.63, 3.8) is 0 Å². The molecule has 15 heavy (non-hydrogen) atoms. The average molecular weight is 208 g/mol. The Hall–Kier alpha value is -0.860. The zero-order valence-electron chi connectivity index (χ0n) is 9.86.